The summed E-state index contributed by atoms with van der Waals surface area (Å²) in [4.78, 5) is 20.3. The summed E-state index contributed by atoms with van der Waals surface area (Å²) in [5, 5.41) is 9.47. The molecule has 188 valence electrons. The Morgan fingerprint density at radius 1 is 1.00 bits per heavy atom. The normalized spacial score (nSPS) is 15.9. The van der Waals surface area contributed by atoms with Gasteiger partial charge < -0.3 is 14.7 Å². The van der Waals surface area contributed by atoms with Gasteiger partial charge in [-0.1, -0.05) is 36.4 Å². The van der Waals surface area contributed by atoms with Gasteiger partial charge in [-0.15, -0.1) is 0 Å². The standard InChI is InChI=1S/C27H24Cl2FN7/c1-17-4-3-9-37(17)27-33-24(20-5-6-23(30)21(28)13-20)14-25(34-27)36-11-10-35(16-18(36)2)26-22(29)12-19(7-8-31)15-32-26/h5-6,12-15H,1-4,7,9-11,16H2. The summed E-state index contributed by atoms with van der Waals surface area (Å²) in [5.41, 5.74) is 3.88. The maximum Gasteiger partial charge on any atom is 0.232 e. The summed E-state index contributed by atoms with van der Waals surface area (Å²) in [7, 11) is 0. The average molecular weight is 536 g/mol. The van der Waals surface area contributed by atoms with Gasteiger partial charge in [0.05, 0.1) is 34.8 Å². The second-order valence-electron chi connectivity index (χ2n) is 8.98. The highest BCUT2D eigenvalue weighted by molar-refractivity contribution is 6.33. The predicted molar refractivity (Wildman–Crippen MR) is 145 cm³/mol. The maximum absolute atomic E-state index is 13.8. The monoisotopic (exact) mass is 535 g/mol. The van der Waals surface area contributed by atoms with Gasteiger partial charge in [0, 0.05) is 48.9 Å². The lowest BCUT2D eigenvalue weighted by molar-refractivity contribution is 0.628. The van der Waals surface area contributed by atoms with Crippen molar-refractivity contribution >= 4 is 40.8 Å². The zero-order valence-electron chi connectivity index (χ0n) is 20.1. The first kappa shape index (κ1) is 25.0. The zero-order valence-corrected chi connectivity index (χ0v) is 21.6. The van der Waals surface area contributed by atoms with Crippen LogP contribution in [0.3, 0.4) is 0 Å². The Hall–Kier alpha value is -3.67. The molecule has 0 bridgehead atoms. The molecule has 0 amide bonds. The quantitative estimate of drug-likeness (QED) is 0.396. The van der Waals surface area contributed by atoms with Crippen molar-refractivity contribution in [3.8, 4) is 17.3 Å². The molecule has 0 atom stereocenters. The van der Waals surface area contributed by atoms with Crippen molar-refractivity contribution < 1.29 is 4.39 Å². The number of aromatic nitrogens is 3. The second-order valence-corrected chi connectivity index (χ2v) is 9.80. The Morgan fingerprint density at radius 2 is 1.84 bits per heavy atom. The molecule has 0 radical (unpaired) electrons. The van der Waals surface area contributed by atoms with Crippen LogP contribution in [0.2, 0.25) is 10.0 Å². The van der Waals surface area contributed by atoms with Crippen molar-refractivity contribution in [2.75, 3.05) is 40.9 Å². The summed E-state index contributed by atoms with van der Waals surface area (Å²) in [6.07, 6.45) is 3.81. The molecule has 37 heavy (non-hydrogen) atoms. The topological polar surface area (TPSA) is 72.2 Å². The van der Waals surface area contributed by atoms with Gasteiger partial charge >= 0.3 is 0 Å². The molecule has 1 aromatic carbocycles. The van der Waals surface area contributed by atoms with Crippen LogP contribution in [0.1, 0.15) is 18.4 Å². The highest BCUT2D eigenvalue weighted by Crippen LogP contribution is 2.34. The van der Waals surface area contributed by atoms with Crippen LogP contribution in [-0.2, 0) is 6.42 Å². The number of allylic oxidation sites excluding steroid dienone is 1. The highest BCUT2D eigenvalue weighted by Gasteiger charge is 2.27. The van der Waals surface area contributed by atoms with E-state index in [4.69, 9.17) is 38.4 Å². The number of piperazine rings is 1. The third-order valence-corrected chi connectivity index (χ3v) is 7.04. The van der Waals surface area contributed by atoms with Crippen molar-refractivity contribution in [1.82, 2.24) is 15.0 Å². The lowest BCUT2D eigenvalue weighted by atomic mass is 10.1. The fourth-order valence-electron chi connectivity index (χ4n) is 4.57. The minimum absolute atomic E-state index is 0.0352. The van der Waals surface area contributed by atoms with E-state index in [9.17, 15) is 4.39 Å². The molecule has 2 aliphatic rings. The summed E-state index contributed by atoms with van der Waals surface area (Å²) in [5.74, 6) is 1.41. The molecule has 2 fully saturated rings. The van der Waals surface area contributed by atoms with Gasteiger partial charge in [-0.25, -0.2) is 14.4 Å². The molecular formula is C27H24Cl2FN7. The van der Waals surface area contributed by atoms with Gasteiger partial charge in [-0.05, 0) is 42.7 Å². The largest absolute Gasteiger partial charge is 0.348 e. The molecule has 2 aromatic heterocycles. The van der Waals surface area contributed by atoms with Crippen molar-refractivity contribution in [2.24, 2.45) is 0 Å². The SMILES string of the molecule is C=C1CN(c2ncc(CC#N)cc2Cl)CCN1c1cc(-c2ccc(F)c(Cl)c2)nc(N2CCCC2=C)n1. The lowest BCUT2D eigenvalue weighted by Gasteiger charge is -2.38. The Kier molecular flexibility index (Phi) is 7.00. The van der Waals surface area contributed by atoms with Gasteiger partial charge in [0.25, 0.3) is 0 Å². The molecule has 3 aromatic rings. The molecule has 4 heterocycles. The van der Waals surface area contributed by atoms with Crippen LogP contribution in [0.5, 0.6) is 0 Å². The molecule has 0 N–H and O–H groups in total. The third kappa shape index (κ3) is 5.10. The fraction of sp³-hybridized carbons (Fsp3) is 0.259. The lowest BCUT2D eigenvalue weighted by Crippen LogP contribution is -2.45. The highest BCUT2D eigenvalue weighted by atomic mass is 35.5. The van der Waals surface area contributed by atoms with E-state index in [1.165, 1.54) is 6.07 Å². The summed E-state index contributed by atoms with van der Waals surface area (Å²) < 4.78 is 13.8. The van der Waals surface area contributed by atoms with E-state index in [2.05, 4.69) is 29.1 Å². The number of hydrogen-bond donors (Lipinski definition) is 0. The third-order valence-electron chi connectivity index (χ3n) is 6.47. The van der Waals surface area contributed by atoms with E-state index in [-0.39, 0.29) is 11.4 Å². The number of pyridine rings is 1. The molecule has 5 rings (SSSR count). The predicted octanol–water partition coefficient (Wildman–Crippen LogP) is 6.00. The Morgan fingerprint density at radius 3 is 2.51 bits per heavy atom. The summed E-state index contributed by atoms with van der Waals surface area (Å²) in [6.45, 7) is 11.0. The minimum atomic E-state index is -0.481. The van der Waals surface area contributed by atoms with Gasteiger partial charge in [0.15, 0.2) is 0 Å². The number of nitriles is 1. The molecular weight excluding hydrogens is 512 g/mol. The van der Waals surface area contributed by atoms with Crippen molar-refractivity contribution in [3.63, 3.8) is 0 Å². The van der Waals surface area contributed by atoms with Crippen LogP contribution in [0.15, 0.2) is 61.1 Å². The number of nitrogens with zero attached hydrogens (tertiary/aromatic N) is 7. The molecule has 0 unspecified atom stereocenters. The number of halogens is 3. The fourth-order valence-corrected chi connectivity index (χ4v) is 5.06. The number of anilines is 3. The van der Waals surface area contributed by atoms with Crippen LogP contribution in [0, 0.1) is 17.1 Å². The smallest absolute Gasteiger partial charge is 0.232 e. The van der Waals surface area contributed by atoms with E-state index >= 15 is 0 Å². The molecule has 0 saturated carbocycles. The van der Waals surface area contributed by atoms with Crippen molar-refractivity contribution in [1.29, 1.82) is 5.26 Å². The number of rotatable bonds is 5. The second kappa shape index (κ2) is 10.4. The Bertz CT molecular complexity index is 1430. The van der Waals surface area contributed by atoms with Gasteiger partial charge in [0.1, 0.15) is 17.5 Å². The van der Waals surface area contributed by atoms with Gasteiger partial charge in [-0.3, -0.25) is 0 Å². The average Bonchev–Trinajstić information content (AvgIpc) is 3.31. The van der Waals surface area contributed by atoms with E-state index < -0.39 is 5.82 Å². The first-order valence-corrected chi connectivity index (χ1v) is 12.6. The van der Waals surface area contributed by atoms with E-state index in [1.54, 1.807) is 24.4 Å². The molecule has 2 saturated heterocycles. The van der Waals surface area contributed by atoms with Crippen LogP contribution >= 0.6 is 23.2 Å². The summed E-state index contributed by atoms with van der Waals surface area (Å²) >= 11 is 12.6. The zero-order chi connectivity index (χ0) is 26.1. The van der Waals surface area contributed by atoms with Crippen LogP contribution in [-0.4, -0.2) is 41.1 Å². The van der Waals surface area contributed by atoms with Crippen molar-refractivity contribution in [3.05, 3.63) is 82.5 Å². The van der Waals surface area contributed by atoms with E-state index in [0.717, 1.165) is 36.3 Å². The minimum Gasteiger partial charge on any atom is -0.348 e. The van der Waals surface area contributed by atoms with Crippen LogP contribution in [0.25, 0.3) is 11.3 Å². The first-order chi connectivity index (χ1) is 17.8. The molecule has 7 nitrogen and oxygen atoms in total. The molecule has 2 aliphatic heterocycles. The van der Waals surface area contributed by atoms with Gasteiger partial charge in [0.2, 0.25) is 5.95 Å². The molecule has 0 aliphatic carbocycles. The number of benzene rings is 1. The Labute approximate surface area is 225 Å². The van der Waals surface area contributed by atoms with Crippen LogP contribution < -0.4 is 14.7 Å². The maximum atomic E-state index is 13.8. The Balaban J connectivity index is 1.46. The molecule has 0 spiro atoms. The number of hydrogen-bond acceptors (Lipinski definition) is 7. The first-order valence-electron chi connectivity index (χ1n) is 11.9. The van der Waals surface area contributed by atoms with E-state index in [0.29, 0.717) is 53.5 Å². The van der Waals surface area contributed by atoms with Crippen molar-refractivity contribution in [2.45, 2.75) is 19.3 Å². The van der Waals surface area contributed by atoms with Gasteiger partial charge in [-0.2, -0.15) is 10.2 Å². The van der Waals surface area contributed by atoms with Crippen LogP contribution in [0.4, 0.5) is 22.0 Å². The molecule has 10 heteroatoms. The van der Waals surface area contributed by atoms with E-state index in [1.807, 2.05) is 15.9 Å². The summed E-state index contributed by atoms with van der Waals surface area (Å²) in [6, 6.07) is 10.3.